The van der Waals surface area contributed by atoms with Gasteiger partial charge in [0, 0.05) is 5.57 Å². The molecule has 0 spiro atoms. The van der Waals surface area contributed by atoms with Crippen LogP contribution in [0.4, 0.5) is 13.2 Å². The highest BCUT2D eigenvalue weighted by molar-refractivity contribution is 5.37. The third-order valence-corrected chi connectivity index (χ3v) is 3.85. The standard InChI is InChI=1S/C15H17F3/c1-11(15(16,17)18)10-14(2)9-5-7-12-6-3-4-8-13(12)14/h3-4,6,8H,1,5,7,9-10H2,2H3/t14-/m1/s1. The van der Waals surface area contributed by atoms with E-state index in [-0.39, 0.29) is 6.42 Å². The number of hydrogen-bond acceptors (Lipinski definition) is 0. The lowest BCUT2D eigenvalue weighted by molar-refractivity contribution is -0.0955. The van der Waals surface area contributed by atoms with E-state index in [4.69, 9.17) is 0 Å². The molecule has 0 fully saturated rings. The molecule has 1 atom stereocenters. The van der Waals surface area contributed by atoms with Crippen LogP contribution in [0.3, 0.4) is 0 Å². The van der Waals surface area contributed by atoms with Crippen molar-refractivity contribution in [2.75, 3.05) is 0 Å². The van der Waals surface area contributed by atoms with Crippen molar-refractivity contribution < 1.29 is 13.2 Å². The molecule has 1 aliphatic carbocycles. The summed E-state index contributed by atoms with van der Waals surface area (Å²) >= 11 is 0. The highest BCUT2D eigenvalue weighted by atomic mass is 19.4. The van der Waals surface area contributed by atoms with E-state index in [0.29, 0.717) is 0 Å². The summed E-state index contributed by atoms with van der Waals surface area (Å²) in [4.78, 5) is 0. The van der Waals surface area contributed by atoms with Gasteiger partial charge in [0.05, 0.1) is 0 Å². The third-order valence-electron chi connectivity index (χ3n) is 3.85. The van der Waals surface area contributed by atoms with Crippen molar-refractivity contribution in [2.45, 2.75) is 44.2 Å². The van der Waals surface area contributed by atoms with Crippen molar-refractivity contribution in [3.8, 4) is 0 Å². The first-order valence-corrected chi connectivity index (χ1v) is 6.16. The van der Waals surface area contributed by atoms with Gasteiger partial charge in [-0.2, -0.15) is 13.2 Å². The van der Waals surface area contributed by atoms with Gasteiger partial charge in [-0.15, -0.1) is 0 Å². The second-order valence-electron chi connectivity index (χ2n) is 5.35. The molecule has 0 N–H and O–H groups in total. The molecule has 0 heterocycles. The van der Waals surface area contributed by atoms with Crippen LogP contribution in [0.25, 0.3) is 0 Å². The summed E-state index contributed by atoms with van der Waals surface area (Å²) in [6, 6.07) is 7.82. The van der Waals surface area contributed by atoms with Gasteiger partial charge >= 0.3 is 6.18 Å². The molecule has 0 bridgehead atoms. The lowest BCUT2D eigenvalue weighted by atomic mass is 9.68. The van der Waals surface area contributed by atoms with Crippen molar-refractivity contribution in [3.63, 3.8) is 0 Å². The number of hydrogen-bond donors (Lipinski definition) is 0. The average molecular weight is 254 g/mol. The predicted molar refractivity (Wildman–Crippen MR) is 66.5 cm³/mol. The zero-order valence-electron chi connectivity index (χ0n) is 10.5. The van der Waals surface area contributed by atoms with E-state index in [1.807, 2.05) is 31.2 Å². The van der Waals surface area contributed by atoms with E-state index in [1.165, 1.54) is 5.56 Å². The zero-order valence-corrected chi connectivity index (χ0v) is 10.5. The molecule has 1 aliphatic rings. The Kier molecular flexibility index (Phi) is 3.26. The molecule has 1 aromatic carbocycles. The lowest BCUT2D eigenvalue weighted by Gasteiger charge is -2.37. The molecule has 0 saturated carbocycles. The molecule has 3 heteroatoms. The van der Waals surface area contributed by atoms with E-state index in [0.717, 1.165) is 24.8 Å². The molecule has 0 aromatic heterocycles. The van der Waals surface area contributed by atoms with Gasteiger partial charge in [0.25, 0.3) is 0 Å². The molecule has 98 valence electrons. The van der Waals surface area contributed by atoms with Gasteiger partial charge in [-0.05, 0) is 42.2 Å². The zero-order chi connectivity index (χ0) is 13.4. The van der Waals surface area contributed by atoms with Crippen LogP contribution in [0.15, 0.2) is 36.4 Å². The molecule has 2 rings (SSSR count). The summed E-state index contributed by atoms with van der Waals surface area (Å²) < 4.78 is 38.0. The Morgan fingerprint density at radius 1 is 1.33 bits per heavy atom. The summed E-state index contributed by atoms with van der Waals surface area (Å²) in [5.74, 6) is 0. The number of fused-ring (bicyclic) bond motifs is 1. The Morgan fingerprint density at radius 3 is 2.67 bits per heavy atom. The summed E-state index contributed by atoms with van der Waals surface area (Å²) in [7, 11) is 0. The van der Waals surface area contributed by atoms with E-state index < -0.39 is 17.2 Å². The minimum Gasteiger partial charge on any atom is -0.167 e. The highest BCUT2D eigenvalue weighted by Crippen LogP contribution is 2.43. The SMILES string of the molecule is C=C(C[C@@]1(C)CCCc2ccccc21)C(F)(F)F. The fourth-order valence-electron chi connectivity index (χ4n) is 2.89. The molecular formula is C15H17F3. The third kappa shape index (κ3) is 2.45. The normalized spacial score (nSPS) is 23.6. The van der Waals surface area contributed by atoms with Gasteiger partial charge in [0.2, 0.25) is 0 Å². The summed E-state index contributed by atoms with van der Waals surface area (Å²) in [5, 5.41) is 0. The number of benzene rings is 1. The van der Waals surface area contributed by atoms with Crippen LogP contribution in [0, 0.1) is 0 Å². The number of rotatable bonds is 2. The molecule has 0 nitrogen and oxygen atoms in total. The van der Waals surface area contributed by atoms with Gasteiger partial charge in [-0.25, -0.2) is 0 Å². The lowest BCUT2D eigenvalue weighted by Crippen LogP contribution is -2.30. The van der Waals surface area contributed by atoms with Crippen LogP contribution in [0.1, 0.15) is 37.3 Å². The largest absolute Gasteiger partial charge is 0.412 e. The fourth-order valence-corrected chi connectivity index (χ4v) is 2.89. The van der Waals surface area contributed by atoms with E-state index in [1.54, 1.807) is 0 Å². The number of aryl methyl sites for hydroxylation is 1. The molecular weight excluding hydrogens is 237 g/mol. The molecule has 0 unspecified atom stereocenters. The summed E-state index contributed by atoms with van der Waals surface area (Å²) in [6.07, 6.45) is -1.59. The maximum Gasteiger partial charge on any atom is 0.412 e. The van der Waals surface area contributed by atoms with Crippen LogP contribution in [0.5, 0.6) is 0 Å². The van der Waals surface area contributed by atoms with Crippen LogP contribution >= 0.6 is 0 Å². The number of halogens is 3. The van der Waals surface area contributed by atoms with Crippen LogP contribution in [-0.4, -0.2) is 6.18 Å². The van der Waals surface area contributed by atoms with Gasteiger partial charge in [-0.1, -0.05) is 37.8 Å². The minimum atomic E-state index is -4.28. The first kappa shape index (κ1) is 13.2. The Morgan fingerprint density at radius 2 is 2.00 bits per heavy atom. The van der Waals surface area contributed by atoms with Crippen molar-refractivity contribution in [1.82, 2.24) is 0 Å². The topological polar surface area (TPSA) is 0 Å². The van der Waals surface area contributed by atoms with Gasteiger partial charge in [-0.3, -0.25) is 0 Å². The smallest absolute Gasteiger partial charge is 0.167 e. The van der Waals surface area contributed by atoms with E-state index >= 15 is 0 Å². The second kappa shape index (κ2) is 4.45. The minimum absolute atomic E-state index is 0.00644. The van der Waals surface area contributed by atoms with Crippen molar-refractivity contribution in [3.05, 3.63) is 47.5 Å². The molecule has 0 radical (unpaired) electrons. The highest BCUT2D eigenvalue weighted by Gasteiger charge is 2.39. The van der Waals surface area contributed by atoms with Gasteiger partial charge in [0.15, 0.2) is 0 Å². The van der Waals surface area contributed by atoms with E-state index in [9.17, 15) is 13.2 Å². The Labute approximate surface area is 106 Å². The van der Waals surface area contributed by atoms with Gasteiger partial charge in [0.1, 0.15) is 0 Å². The maximum absolute atomic E-state index is 12.7. The predicted octanol–water partition coefficient (Wildman–Crippen LogP) is 4.79. The van der Waals surface area contributed by atoms with Gasteiger partial charge < -0.3 is 0 Å². The van der Waals surface area contributed by atoms with Crippen LogP contribution in [-0.2, 0) is 11.8 Å². The molecule has 0 saturated heterocycles. The average Bonchev–Trinajstić information content (AvgIpc) is 2.28. The molecule has 1 aromatic rings. The quantitative estimate of drug-likeness (QED) is 0.666. The first-order chi connectivity index (χ1) is 8.33. The van der Waals surface area contributed by atoms with Crippen LogP contribution in [0.2, 0.25) is 0 Å². The summed E-state index contributed by atoms with van der Waals surface area (Å²) in [6.45, 7) is 5.13. The van der Waals surface area contributed by atoms with E-state index in [2.05, 4.69) is 6.58 Å². The molecule has 18 heavy (non-hydrogen) atoms. The Bertz CT molecular complexity index is 459. The van der Waals surface area contributed by atoms with Crippen molar-refractivity contribution in [2.24, 2.45) is 0 Å². The maximum atomic E-state index is 12.7. The molecule has 0 aliphatic heterocycles. The summed E-state index contributed by atoms with van der Waals surface area (Å²) in [5.41, 5.74) is 1.19. The first-order valence-electron chi connectivity index (χ1n) is 6.16. The number of alkyl halides is 3. The van der Waals surface area contributed by atoms with Crippen molar-refractivity contribution >= 4 is 0 Å². The monoisotopic (exact) mass is 254 g/mol. The van der Waals surface area contributed by atoms with Crippen molar-refractivity contribution in [1.29, 1.82) is 0 Å². The Balaban J connectivity index is 2.30. The number of allylic oxidation sites excluding steroid dienone is 1. The second-order valence-corrected chi connectivity index (χ2v) is 5.35. The van der Waals surface area contributed by atoms with Crippen LogP contribution < -0.4 is 0 Å². The molecule has 0 amide bonds. The fraction of sp³-hybridized carbons (Fsp3) is 0.467. The Hall–Kier alpha value is -1.25.